The van der Waals surface area contributed by atoms with Crippen LogP contribution in [0.3, 0.4) is 0 Å². The van der Waals surface area contributed by atoms with Gasteiger partial charge in [0.1, 0.15) is 11.6 Å². The standard InChI is InChI=1S/C29H36Cl2N6O2/c1-17-12-18(25-16-35-26(32)27(37-25)36-15-21-22(30)6-5-7-23(21)31)8-9-19(17)14-34-20-10-11-33-24(13-20)28(38)39-29(2,3)4/h5-9,12,16,20,24,33-34H,10-11,13-15H2,1-4H3,(H2,32,35)(H,36,37). The van der Waals surface area contributed by atoms with E-state index < -0.39 is 5.60 Å². The van der Waals surface area contributed by atoms with Crippen LogP contribution in [0.2, 0.25) is 10.0 Å². The Kier molecular flexibility index (Phi) is 9.33. The molecule has 2 heterocycles. The first kappa shape index (κ1) is 29.1. The zero-order valence-electron chi connectivity index (χ0n) is 22.8. The Morgan fingerprint density at radius 2 is 1.92 bits per heavy atom. The molecule has 0 amide bonds. The monoisotopic (exact) mass is 570 g/mol. The molecule has 39 heavy (non-hydrogen) atoms. The largest absolute Gasteiger partial charge is 0.459 e. The third-order valence-corrected chi connectivity index (χ3v) is 7.32. The smallest absolute Gasteiger partial charge is 0.323 e. The number of carbonyl (C=O) groups is 1. The van der Waals surface area contributed by atoms with Gasteiger partial charge in [0.2, 0.25) is 0 Å². The summed E-state index contributed by atoms with van der Waals surface area (Å²) in [4.78, 5) is 21.5. The van der Waals surface area contributed by atoms with Crippen molar-refractivity contribution in [3.63, 3.8) is 0 Å². The number of carbonyl (C=O) groups excluding carboxylic acids is 1. The van der Waals surface area contributed by atoms with Crippen molar-refractivity contribution in [2.75, 3.05) is 17.6 Å². The predicted octanol–water partition coefficient (Wildman–Crippen LogP) is 5.51. The molecular weight excluding hydrogens is 535 g/mol. The molecule has 4 rings (SSSR count). The first-order chi connectivity index (χ1) is 18.5. The fourth-order valence-electron chi connectivity index (χ4n) is 4.50. The van der Waals surface area contributed by atoms with Crippen molar-refractivity contribution < 1.29 is 9.53 Å². The number of anilines is 2. The summed E-state index contributed by atoms with van der Waals surface area (Å²) >= 11 is 12.6. The van der Waals surface area contributed by atoms with E-state index in [1.165, 1.54) is 5.56 Å². The quantitative estimate of drug-likeness (QED) is 0.262. The predicted molar refractivity (Wildman–Crippen MR) is 158 cm³/mol. The zero-order valence-corrected chi connectivity index (χ0v) is 24.3. The lowest BCUT2D eigenvalue weighted by Gasteiger charge is -2.32. The first-order valence-corrected chi connectivity index (χ1v) is 13.8. The molecule has 2 atom stereocenters. The molecule has 10 heteroatoms. The van der Waals surface area contributed by atoms with Crippen molar-refractivity contribution in [3.05, 3.63) is 69.3 Å². The average molecular weight is 572 g/mol. The fraction of sp³-hybridized carbons (Fsp3) is 0.414. The molecule has 0 bridgehead atoms. The van der Waals surface area contributed by atoms with Crippen molar-refractivity contribution in [1.29, 1.82) is 0 Å². The lowest BCUT2D eigenvalue weighted by atomic mass is 9.98. The zero-order chi connectivity index (χ0) is 28.2. The van der Waals surface area contributed by atoms with E-state index in [0.717, 1.165) is 29.7 Å². The molecule has 1 saturated heterocycles. The number of esters is 1. The van der Waals surface area contributed by atoms with Crippen molar-refractivity contribution in [1.82, 2.24) is 20.6 Å². The van der Waals surface area contributed by atoms with Crippen LogP contribution in [0.5, 0.6) is 0 Å². The SMILES string of the molecule is Cc1cc(-c2cnc(N)c(NCc3c(Cl)cccc3Cl)n2)ccc1CNC1CCNC(C(=O)OC(C)(C)C)C1. The molecule has 3 aromatic rings. The number of nitrogens with zero attached hydrogens (tertiary/aromatic N) is 2. The highest BCUT2D eigenvalue weighted by Gasteiger charge is 2.30. The molecule has 0 radical (unpaired) electrons. The molecule has 5 N–H and O–H groups in total. The number of ether oxygens (including phenoxy) is 1. The van der Waals surface area contributed by atoms with Gasteiger partial charge in [-0.3, -0.25) is 4.79 Å². The lowest BCUT2D eigenvalue weighted by molar-refractivity contribution is -0.158. The van der Waals surface area contributed by atoms with Gasteiger partial charge in [-0.1, -0.05) is 41.4 Å². The minimum atomic E-state index is -0.493. The maximum Gasteiger partial charge on any atom is 0.323 e. The molecule has 2 unspecified atom stereocenters. The van der Waals surface area contributed by atoms with Crippen LogP contribution in [0.1, 0.15) is 50.3 Å². The topological polar surface area (TPSA) is 114 Å². The molecular formula is C29H36Cl2N6O2. The van der Waals surface area contributed by atoms with Gasteiger partial charge >= 0.3 is 5.97 Å². The summed E-state index contributed by atoms with van der Waals surface area (Å²) in [6.07, 6.45) is 3.32. The van der Waals surface area contributed by atoms with Gasteiger partial charge in [-0.15, -0.1) is 0 Å². The van der Waals surface area contributed by atoms with Gasteiger partial charge in [0.15, 0.2) is 11.6 Å². The number of piperidine rings is 1. The maximum absolute atomic E-state index is 12.5. The second kappa shape index (κ2) is 12.5. The third-order valence-electron chi connectivity index (χ3n) is 6.61. The van der Waals surface area contributed by atoms with Gasteiger partial charge in [-0.05, 0) is 76.4 Å². The summed E-state index contributed by atoms with van der Waals surface area (Å²) < 4.78 is 5.56. The molecule has 0 saturated carbocycles. The highest BCUT2D eigenvalue weighted by Crippen LogP contribution is 2.27. The third kappa shape index (κ3) is 7.82. The van der Waals surface area contributed by atoms with Crippen molar-refractivity contribution in [3.8, 4) is 11.3 Å². The summed E-state index contributed by atoms with van der Waals surface area (Å²) in [6, 6.07) is 11.5. The summed E-state index contributed by atoms with van der Waals surface area (Å²) in [7, 11) is 0. The van der Waals surface area contributed by atoms with E-state index in [4.69, 9.17) is 38.7 Å². The van der Waals surface area contributed by atoms with Crippen LogP contribution in [0.15, 0.2) is 42.6 Å². The minimum absolute atomic E-state index is 0.192. The second-order valence-electron chi connectivity index (χ2n) is 10.8. The number of hydrogen-bond donors (Lipinski definition) is 4. The van der Waals surface area contributed by atoms with E-state index in [-0.39, 0.29) is 18.1 Å². The molecule has 1 aliphatic rings. The number of hydrogen-bond acceptors (Lipinski definition) is 8. The summed E-state index contributed by atoms with van der Waals surface area (Å²) in [5.74, 6) is 0.575. The molecule has 0 aliphatic carbocycles. The summed E-state index contributed by atoms with van der Waals surface area (Å²) in [5, 5.41) is 11.3. The molecule has 8 nitrogen and oxygen atoms in total. The molecule has 1 fully saturated rings. The Balaban J connectivity index is 1.39. The van der Waals surface area contributed by atoms with Crippen LogP contribution >= 0.6 is 23.2 Å². The van der Waals surface area contributed by atoms with Crippen LogP contribution in [-0.2, 0) is 22.6 Å². The Hall–Kier alpha value is -2.91. The van der Waals surface area contributed by atoms with Crippen LogP contribution < -0.4 is 21.7 Å². The van der Waals surface area contributed by atoms with Gasteiger partial charge in [0, 0.05) is 40.3 Å². The average Bonchev–Trinajstić information content (AvgIpc) is 2.88. The van der Waals surface area contributed by atoms with Crippen LogP contribution in [0.25, 0.3) is 11.3 Å². The number of aryl methyl sites for hydroxylation is 1. The number of nitrogens with one attached hydrogen (secondary N) is 3. The molecule has 2 aromatic carbocycles. The van der Waals surface area contributed by atoms with E-state index >= 15 is 0 Å². The van der Waals surface area contributed by atoms with Gasteiger partial charge < -0.3 is 26.4 Å². The van der Waals surface area contributed by atoms with Gasteiger partial charge in [0.25, 0.3) is 0 Å². The number of halogens is 2. The number of benzene rings is 2. The van der Waals surface area contributed by atoms with E-state index in [9.17, 15) is 4.79 Å². The van der Waals surface area contributed by atoms with Crippen molar-refractivity contribution in [2.45, 2.75) is 71.3 Å². The minimum Gasteiger partial charge on any atom is -0.459 e. The Morgan fingerprint density at radius 3 is 2.62 bits per heavy atom. The highest BCUT2D eigenvalue weighted by atomic mass is 35.5. The van der Waals surface area contributed by atoms with Crippen LogP contribution in [0.4, 0.5) is 11.6 Å². The number of aromatic nitrogens is 2. The summed E-state index contributed by atoms with van der Waals surface area (Å²) in [5.41, 5.74) is 10.3. The molecule has 208 valence electrons. The Morgan fingerprint density at radius 1 is 1.18 bits per heavy atom. The number of rotatable bonds is 8. The van der Waals surface area contributed by atoms with E-state index in [1.54, 1.807) is 24.4 Å². The van der Waals surface area contributed by atoms with Crippen LogP contribution in [0, 0.1) is 6.92 Å². The highest BCUT2D eigenvalue weighted by molar-refractivity contribution is 6.36. The van der Waals surface area contributed by atoms with Crippen LogP contribution in [-0.4, -0.2) is 40.2 Å². The van der Waals surface area contributed by atoms with Gasteiger partial charge in [0.05, 0.1) is 11.9 Å². The van der Waals surface area contributed by atoms with E-state index in [2.05, 4.69) is 40.0 Å². The van der Waals surface area contributed by atoms with Gasteiger partial charge in [-0.25, -0.2) is 9.97 Å². The fourth-order valence-corrected chi connectivity index (χ4v) is 5.04. The normalized spacial score (nSPS) is 17.6. The number of nitrogen functional groups attached to an aromatic ring is 1. The maximum atomic E-state index is 12.5. The van der Waals surface area contributed by atoms with Gasteiger partial charge in [-0.2, -0.15) is 0 Å². The Labute approximate surface area is 240 Å². The molecule has 1 aromatic heterocycles. The first-order valence-electron chi connectivity index (χ1n) is 13.1. The van der Waals surface area contributed by atoms with E-state index in [1.807, 2.05) is 26.8 Å². The number of nitrogens with two attached hydrogens (primary N) is 1. The van der Waals surface area contributed by atoms with Crippen molar-refractivity contribution >= 4 is 40.8 Å². The molecule has 0 spiro atoms. The molecule has 1 aliphatic heterocycles. The summed E-state index contributed by atoms with van der Waals surface area (Å²) in [6.45, 7) is 9.59. The Bertz CT molecular complexity index is 1310. The lowest BCUT2D eigenvalue weighted by Crippen LogP contribution is -2.51. The second-order valence-corrected chi connectivity index (χ2v) is 11.6. The van der Waals surface area contributed by atoms with E-state index in [0.29, 0.717) is 46.9 Å². The van der Waals surface area contributed by atoms with Crippen molar-refractivity contribution in [2.24, 2.45) is 0 Å².